The third kappa shape index (κ3) is 5.79. The molecule has 6 nitrogen and oxygen atoms in total. The van der Waals surface area contributed by atoms with Gasteiger partial charge in [0.1, 0.15) is 22.3 Å². The fraction of sp³-hybridized carbons (Fsp3) is 0. The molecule has 0 aliphatic heterocycles. The van der Waals surface area contributed by atoms with Crippen molar-refractivity contribution in [3.05, 3.63) is 194 Å². The highest BCUT2D eigenvalue weighted by molar-refractivity contribution is 6.13. The van der Waals surface area contributed by atoms with Gasteiger partial charge in [-0.2, -0.15) is 0 Å². The van der Waals surface area contributed by atoms with E-state index in [9.17, 15) is 0 Å². The second-order valence-corrected chi connectivity index (χ2v) is 14.0. The second kappa shape index (κ2) is 13.5. The van der Waals surface area contributed by atoms with Crippen LogP contribution in [0.15, 0.2) is 203 Å². The number of rotatable bonds is 7. The van der Waals surface area contributed by atoms with Gasteiger partial charge in [0.25, 0.3) is 0 Å². The van der Waals surface area contributed by atoms with E-state index in [1.807, 2.05) is 72.8 Å². The average molecular weight is 733 g/mol. The molecule has 0 fully saturated rings. The summed E-state index contributed by atoms with van der Waals surface area (Å²) in [7, 11) is 0. The van der Waals surface area contributed by atoms with Crippen LogP contribution in [0.4, 0.5) is 17.1 Å². The lowest BCUT2D eigenvalue weighted by Crippen LogP contribution is -2.09. The Labute approximate surface area is 328 Å². The Hall–Kier alpha value is -7.83. The normalized spacial score (nSPS) is 11.5. The number of hydrogen-bond acceptors (Lipinski definition) is 6. The van der Waals surface area contributed by atoms with Crippen LogP contribution in [-0.2, 0) is 0 Å². The Morgan fingerprint density at radius 1 is 0.316 bits per heavy atom. The van der Waals surface area contributed by atoms with Gasteiger partial charge in [0.15, 0.2) is 17.5 Å². The first-order valence-corrected chi connectivity index (χ1v) is 18.9. The maximum atomic E-state index is 6.66. The summed E-state index contributed by atoms with van der Waals surface area (Å²) in [5.41, 5.74) is 11.3. The van der Waals surface area contributed by atoms with E-state index in [4.69, 9.17) is 23.8 Å². The predicted molar refractivity (Wildman–Crippen MR) is 231 cm³/mol. The summed E-state index contributed by atoms with van der Waals surface area (Å²) in [4.78, 5) is 17.5. The minimum absolute atomic E-state index is 0.579. The Bertz CT molecular complexity index is 3230. The van der Waals surface area contributed by atoms with E-state index in [1.54, 1.807) is 0 Å². The second-order valence-electron chi connectivity index (χ2n) is 14.0. The number of benzene rings is 8. The van der Waals surface area contributed by atoms with Crippen LogP contribution in [0.5, 0.6) is 0 Å². The molecule has 268 valence electrons. The van der Waals surface area contributed by atoms with E-state index in [0.717, 1.165) is 88.8 Å². The molecule has 8 aromatic carbocycles. The van der Waals surface area contributed by atoms with Gasteiger partial charge in [-0.3, -0.25) is 0 Å². The van der Waals surface area contributed by atoms with Gasteiger partial charge < -0.3 is 13.7 Å². The highest BCUT2D eigenvalue weighted by Gasteiger charge is 2.21. The number of furan rings is 2. The van der Waals surface area contributed by atoms with Crippen molar-refractivity contribution in [3.8, 4) is 45.3 Å². The molecule has 0 unspecified atom stereocenters. The average Bonchev–Trinajstić information content (AvgIpc) is 3.85. The molecule has 3 aromatic heterocycles. The number of nitrogens with zero attached hydrogens (tertiary/aromatic N) is 4. The Balaban J connectivity index is 1.05. The van der Waals surface area contributed by atoms with E-state index in [1.165, 1.54) is 0 Å². The van der Waals surface area contributed by atoms with Crippen molar-refractivity contribution < 1.29 is 8.83 Å². The van der Waals surface area contributed by atoms with Crippen LogP contribution in [0.2, 0.25) is 0 Å². The van der Waals surface area contributed by atoms with Gasteiger partial charge in [-0.1, -0.05) is 133 Å². The van der Waals surface area contributed by atoms with E-state index in [-0.39, 0.29) is 0 Å². The van der Waals surface area contributed by atoms with Crippen LogP contribution in [0, 0.1) is 0 Å². The molecule has 0 amide bonds. The molecule has 0 saturated carbocycles. The zero-order chi connectivity index (χ0) is 37.7. The topological polar surface area (TPSA) is 68.2 Å². The van der Waals surface area contributed by atoms with Crippen LogP contribution in [-0.4, -0.2) is 15.0 Å². The zero-order valence-corrected chi connectivity index (χ0v) is 30.6. The lowest BCUT2D eigenvalue weighted by Gasteiger charge is -2.25. The van der Waals surface area contributed by atoms with Crippen molar-refractivity contribution in [2.75, 3.05) is 4.90 Å². The maximum Gasteiger partial charge on any atom is 0.164 e. The highest BCUT2D eigenvalue weighted by atomic mass is 16.3. The number of fused-ring (bicyclic) bond motifs is 6. The molecule has 11 rings (SSSR count). The van der Waals surface area contributed by atoms with E-state index in [0.29, 0.717) is 17.5 Å². The molecule has 6 heteroatoms. The zero-order valence-electron chi connectivity index (χ0n) is 30.6. The maximum absolute atomic E-state index is 6.66. The summed E-state index contributed by atoms with van der Waals surface area (Å²) in [5, 5.41) is 4.08. The van der Waals surface area contributed by atoms with Gasteiger partial charge >= 0.3 is 0 Å². The minimum atomic E-state index is 0.579. The molecule has 11 aromatic rings. The van der Waals surface area contributed by atoms with E-state index < -0.39 is 0 Å². The summed E-state index contributed by atoms with van der Waals surface area (Å²) in [6.07, 6.45) is 0. The number of hydrogen-bond donors (Lipinski definition) is 0. The minimum Gasteiger partial charge on any atom is -0.456 e. The SMILES string of the molecule is c1ccc(-c2ccc(-c3nc(-c4ccccc4)nc(-c4cccc5oc6cc(N(c7ccccc7)c7ccc8oc9ccccc9c8c7)ccc6c45)n3)cc2)cc1. The van der Waals surface area contributed by atoms with Crippen molar-refractivity contribution in [2.45, 2.75) is 0 Å². The largest absolute Gasteiger partial charge is 0.456 e. The van der Waals surface area contributed by atoms with Crippen molar-refractivity contribution in [2.24, 2.45) is 0 Å². The summed E-state index contributed by atoms with van der Waals surface area (Å²) in [5.74, 6) is 1.79. The van der Waals surface area contributed by atoms with Gasteiger partial charge in [-0.25, -0.2) is 15.0 Å². The van der Waals surface area contributed by atoms with Gasteiger partial charge in [-0.15, -0.1) is 0 Å². The van der Waals surface area contributed by atoms with E-state index in [2.05, 4.69) is 126 Å². The summed E-state index contributed by atoms with van der Waals surface area (Å²) < 4.78 is 12.8. The smallest absolute Gasteiger partial charge is 0.164 e. The molecule has 0 aliphatic carbocycles. The van der Waals surface area contributed by atoms with Gasteiger partial charge in [0.2, 0.25) is 0 Å². The van der Waals surface area contributed by atoms with Crippen molar-refractivity contribution in [1.29, 1.82) is 0 Å². The van der Waals surface area contributed by atoms with Crippen molar-refractivity contribution in [1.82, 2.24) is 15.0 Å². The van der Waals surface area contributed by atoms with Crippen LogP contribution < -0.4 is 4.90 Å². The molecular formula is C51H32N4O2. The lowest BCUT2D eigenvalue weighted by atomic mass is 10.0. The summed E-state index contributed by atoms with van der Waals surface area (Å²) >= 11 is 0. The Kier molecular flexibility index (Phi) is 7.71. The lowest BCUT2D eigenvalue weighted by molar-refractivity contribution is 0.668. The van der Waals surface area contributed by atoms with Crippen molar-refractivity contribution in [3.63, 3.8) is 0 Å². The monoisotopic (exact) mass is 732 g/mol. The molecule has 0 bridgehead atoms. The first-order chi connectivity index (χ1) is 28.2. The molecule has 57 heavy (non-hydrogen) atoms. The number of para-hydroxylation sites is 2. The fourth-order valence-electron chi connectivity index (χ4n) is 7.80. The van der Waals surface area contributed by atoms with Crippen LogP contribution >= 0.6 is 0 Å². The molecule has 0 N–H and O–H groups in total. The Morgan fingerprint density at radius 2 is 0.860 bits per heavy atom. The first-order valence-electron chi connectivity index (χ1n) is 18.9. The van der Waals surface area contributed by atoms with E-state index >= 15 is 0 Å². The molecular weight excluding hydrogens is 701 g/mol. The molecule has 0 spiro atoms. The quantitative estimate of drug-likeness (QED) is 0.162. The van der Waals surface area contributed by atoms with Crippen molar-refractivity contribution >= 4 is 60.9 Å². The van der Waals surface area contributed by atoms with Crippen LogP contribution in [0.25, 0.3) is 89.2 Å². The Morgan fingerprint density at radius 3 is 1.63 bits per heavy atom. The van der Waals surface area contributed by atoms with Gasteiger partial charge in [0.05, 0.1) is 0 Å². The standard InChI is InChI=1S/C51H32N4O2/c1-4-13-33(14-5-1)34-23-25-36(26-24-34)50-52-49(35-15-6-2-7-16-35)53-51(54-50)42-20-12-22-46-48(42)41-29-27-39(32-47(41)57-46)55(37-17-8-3-9-18-37)38-28-30-45-43(31-38)40-19-10-11-21-44(40)56-45/h1-32H. The number of aromatic nitrogens is 3. The molecule has 0 atom stereocenters. The predicted octanol–water partition coefficient (Wildman–Crippen LogP) is 13.8. The van der Waals surface area contributed by atoms with Crippen LogP contribution in [0.1, 0.15) is 0 Å². The van der Waals surface area contributed by atoms with Crippen LogP contribution in [0.3, 0.4) is 0 Å². The highest BCUT2D eigenvalue weighted by Crippen LogP contribution is 2.42. The van der Waals surface area contributed by atoms with Gasteiger partial charge in [-0.05, 0) is 65.7 Å². The third-order valence-corrected chi connectivity index (χ3v) is 10.5. The third-order valence-electron chi connectivity index (χ3n) is 10.5. The van der Waals surface area contributed by atoms with Gasteiger partial charge in [0, 0.05) is 61.4 Å². The summed E-state index contributed by atoms with van der Waals surface area (Å²) in [6.45, 7) is 0. The molecule has 0 saturated heterocycles. The molecule has 0 aliphatic rings. The molecule has 3 heterocycles. The molecule has 0 radical (unpaired) electrons. The first kappa shape index (κ1) is 32.6. The number of anilines is 3. The summed E-state index contributed by atoms with van der Waals surface area (Å²) in [6, 6.07) is 66.2. The fourth-order valence-corrected chi connectivity index (χ4v) is 7.80.